The summed E-state index contributed by atoms with van der Waals surface area (Å²) in [4.78, 5) is 0. The van der Waals surface area contributed by atoms with E-state index in [1.807, 2.05) is 0 Å². The van der Waals surface area contributed by atoms with Crippen LogP contribution in [0.25, 0.3) is 111 Å². The van der Waals surface area contributed by atoms with Gasteiger partial charge in [-0.3, -0.25) is 0 Å². The highest BCUT2D eigenvalue weighted by atomic mass is 14.5. The molecule has 0 amide bonds. The van der Waals surface area contributed by atoms with Crippen molar-refractivity contribution in [3.8, 4) is 111 Å². The van der Waals surface area contributed by atoms with Crippen molar-refractivity contribution in [2.24, 2.45) is 0 Å². The molecule has 0 N–H and O–H groups in total. The summed E-state index contributed by atoms with van der Waals surface area (Å²) < 4.78 is 0. The third-order valence-corrected chi connectivity index (χ3v) is 22.6. The van der Waals surface area contributed by atoms with Crippen LogP contribution in [0.1, 0.15) is 122 Å². The molecule has 0 heterocycles. The van der Waals surface area contributed by atoms with Gasteiger partial charge in [-0.15, -0.1) is 0 Å². The highest BCUT2D eigenvalue weighted by Crippen LogP contribution is 2.63. The summed E-state index contributed by atoms with van der Waals surface area (Å²) >= 11 is 0. The van der Waals surface area contributed by atoms with E-state index in [-0.39, 0.29) is 21.7 Å². The topological polar surface area (TPSA) is 0 Å². The van der Waals surface area contributed by atoms with E-state index in [1.165, 1.54) is 178 Å². The molecule has 5 aliphatic carbocycles. The van der Waals surface area contributed by atoms with Crippen LogP contribution < -0.4 is 0 Å². The lowest BCUT2D eigenvalue weighted by Gasteiger charge is -2.36. The Morgan fingerprint density at radius 2 is 0.385 bits per heavy atom. The maximum Gasteiger partial charge on any atom is 0.0714 e. The van der Waals surface area contributed by atoms with Gasteiger partial charge < -0.3 is 0 Å². The molecular formula is C91H70. The zero-order valence-corrected chi connectivity index (χ0v) is 53.1. The van der Waals surface area contributed by atoms with E-state index < -0.39 is 5.41 Å². The van der Waals surface area contributed by atoms with Crippen LogP contribution >= 0.6 is 0 Å². The molecule has 0 spiro atoms. The lowest BCUT2D eigenvalue weighted by molar-refractivity contribution is 0.660. The molecule has 434 valence electrons. The van der Waals surface area contributed by atoms with Crippen molar-refractivity contribution < 1.29 is 0 Å². The Bertz CT molecular complexity index is 4770. The highest BCUT2D eigenvalue weighted by Gasteiger charge is 2.49. The number of rotatable bonds is 7. The fourth-order valence-corrected chi connectivity index (χ4v) is 18.3. The van der Waals surface area contributed by atoms with Crippen molar-refractivity contribution in [2.75, 3.05) is 0 Å². The predicted octanol–water partition coefficient (Wildman–Crippen LogP) is 23.6. The molecule has 0 unspecified atom stereocenters. The molecule has 0 fully saturated rings. The molecule has 0 saturated heterocycles. The Kier molecular flexibility index (Phi) is 11.2. The van der Waals surface area contributed by atoms with E-state index in [2.05, 4.69) is 334 Å². The maximum atomic E-state index is 2.62. The standard InChI is InChI=1S/C91H70/c1-87(2)72-39-17-12-29-67(72)82-63(35-22-44-77(82)87)56-49-57(64-36-23-45-78-83(64)68-30-13-18-40-73(68)88(78,3)4)52-60(51-56)91(76-43-21-16-33-71(76)86-62(34-26-48-81(86)91)55-27-10-9-11-28-55)61-53-58(65-37-24-46-79-84(65)69-31-14-19-41-74(69)89(79,5)6)50-59(54-61)66-38-25-47-80-85(66)70-32-15-20-42-75(70)90(80,7)8/h9-54H,1-8H3. The quantitative estimate of drug-likeness (QED) is 0.149. The lowest BCUT2D eigenvalue weighted by atomic mass is 9.65. The van der Waals surface area contributed by atoms with Gasteiger partial charge >= 0.3 is 0 Å². The molecule has 13 aromatic rings. The number of hydrogen-bond donors (Lipinski definition) is 0. The molecule has 0 radical (unpaired) electrons. The van der Waals surface area contributed by atoms with Gasteiger partial charge in [0.2, 0.25) is 0 Å². The average Bonchev–Trinajstić information content (AvgIpc) is 1.61. The van der Waals surface area contributed by atoms with E-state index >= 15 is 0 Å². The van der Waals surface area contributed by atoms with Crippen LogP contribution in [-0.4, -0.2) is 0 Å². The Balaban J connectivity index is 1.02. The van der Waals surface area contributed by atoms with E-state index in [4.69, 9.17) is 0 Å². The third kappa shape index (κ3) is 7.22. The molecule has 18 rings (SSSR count). The fraction of sp³-hybridized carbons (Fsp3) is 0.143. The van der Waals surface area contributed by atoms with Gasteiger partial charge in [0.1, 0.15) is 0 Å². The zero-order valence-electron chi connectivity index (χ0n) is 53.1. The highest BCUT2D eigenvalue weighted by molar-refractivity contribution is 6.02. The van der Waals surface area contributed by atoms with E-state index in [0.717, 1.165) is 0 Å². The first-order valence-electron chi connectivity index (χ1n) is 32.7. The van der Waals surface area contributed by atoms with Gasteiger partial charge in [0.25, 0.3) is 0 Å². The number of hydrogen-bond acceptors (Lipinski definition) is 0. The molecule has 0 bridgehead atoms. The van der Waals surface area contributed by atoms with Crippen LogP contribution in [0, 0.1) is 0 Å². The fourth-order valence-electron chi connectivity index (χ4n) is 18.3. The summed E-state index contributed by atoms with van der Waals surface area (Å²) in [5.74, 6) is 0. The Labute approximate surface area is 536 Å². The minimum Gasteiger partial charge on any atom is -0.0622 e. The van der Waals surface area contributed by atoms with Crippen LogP contribution in [0.15, 0.2) is 279 Å². The van der Waals surface area contributed by atoms with E-state index in [9.17, 15) is 0 Å². The minimum atomic E-state index is -0.874. The van der Waals surface area contributed by atoms with Gasteiger partial charge in [-0.2, -0.15) is 0 Å². The Hall–Kier alpha value is -10.1. The average molecular weight is 1160 g/mol. The Morgan fingerprint density at radius 3 is 0.703 bits per heavy atom. The smallest absolute Gasteiger partial charge is 0.0622 e. The van der Waals surface area contributed by atoms with Gasteiger partial charge in [0.05, 0.1) is 5.41 Å². The first-order valence-corrected chi connectivity index (χ1v) is 32.7. The molecule has 0 aliphatic heterocycles. The molecule has 5 aliphatic rings. The molecule has 13 aromatic carbocycles. The van der Waals surface area contributed by atoms with Crippen molar-refractivity contribution in [3.05, 3.63) is 346 Å². The largest absolute Gasteiger partial charge is 0.0714 e. The summed E-state index contributed by atoms with van der Waals surface area (Å²) in [6.07, 6.45) is 0. The van der Waals surface area contributed by atoms with Crippen molar-refractivity contribution in [1.29, 1.82) is 0 Å². The molecular weight excluding hydrogens is 1090 g/mol. The van der Waals surface area contributed by atoms with Gasteiger partial charge in [0, 0.05) is 21.7 Å². The molecule has 0 saturated carbocycles. The summed E-state index contributed by atoms with van der Waals surface area (Å²) in [6, 6.07) is 108. The van der Waals surface area contributed by atoms with Gasteiger partial charge in [0.15, 0.2) is 0 Å². The molecule has 0 aromatic heterocycles. The van der Waals surface area contributed by atoms with E-state index in [0.29, 0.717) is 0 Å². The van der Waals surface area contributed by atoms with Crippen LogP contribution in [0.4, 0.5) is 0 Å². The van der Waals surface area contributed by atoms with Gasteiger partial charge in [-0.1, -0.05) is 298 Å². The first kappa shape index (κ1) is 53.8. The minimum absolute atomic E-state index is 0.187. The van der Waals surface area contributed by atoms with Crippen molar-refractivity contribution >= 4 is 0 Å². The number of fused-ring (bicyclic) bond motifs is 15. The molecule has 91 heavy (non-hydrogen) atoms. The van der Waals surface area contributed by atoms with Gasteiger partial charge in [-0.25, -0.2) is 0 Å². The lowest BCUT2D eigenvalue weighted by Crippen LogP contribution is -2.29. The summed E-state index contributed by atoms with van der Waals surface area (Å²) in [5, 5.41) is 0. The van der Waals surface area contributed by atoms with Gasteiger partial charge in [-0.05, 0) is 214 Å². The van der Waals surface area contributed by atoms with Crippen LogP contribution in [-0.2, 0) is 27.1 Å². The second-order valence-electron chi connectivity index (χ2n) is 28.6. The third-order valence-electron chi connectivity index (χ3n) is 22.6. The maximum absolute atomic E-state index is 2.62. The van der Waals surface area contributed by atoms with Crippen molar-refractivity contribution in [2.45, 2.75) is 82.5 Å². The summed E-state index contributed by atoms with van der Waals surface area (Å²) in [6.45, 7) is 19.3. The van der Waals surface area contributed by atoms with Crippen LogP contribution in [0.5, 0.6) is 0 Å². The van der Waals surface area contributed by atoms with E-state index in [1.54, 1.807) is 0 Å². The molecule has 0 nitrogen and oxygen atoms in total. The second kappa shape index (κ2) is 19.0. The monoisotopic (exact) mass is 1160 g/mol. The molecule has 0 atom stereocenters. The Morgan fingerprint density at radius 1 is 0.165 bits per heavy atom. The van der Waals surface area contributed by atoms with Crippen LogP contribution in [0.2, 0.25) is 0 Å². The SMILES string of the molecule is CC1(C)c2ccccc2-c2c(-c3cc(-c4cccc5c4-c4ccccc4C5(C)C)cc(C4(c5cc(-c6cccc7c6-c6ccccc6C7(C)C)cc(-c6cccc7c6-c6ccccc6C7(C)C)c5)c5ccccc5-c5c(-c6ccccc6)cccc54)c3)cccc21. The predicted molar refractivity (Wildman–Crippen MR) is 381 cm³/mol. The zero-order chi connectivity index (χ0) is 61.5. The van der Waals surface area contributed by atoms with Crippen molar-refractivity contribution in [1.82, 2.24) is 0 Å². The molecule has 0 heteroatoms. The van der Waals surface area contributed by atoms with Crippen LogP contribution in [0.3, 0.4) is 0 Å². The van der Waals surface area contributed by atoms with Crippen molar-refractivity contribution in [3.63, 3.8) is 0 Å². The normalized spacial score (nSPS) is 15.9. The number of benzene rings is 13. The first-order chi connectivity index (χ1) is 44.2. The summed E-state index contributed by atoms with van der Waals surface area (Å²) in [5.41, 5.74) is 39.8. The second-order valence-corrected chi connectivity index (χ2v) is 28.6. The summed E-state index contributed by atoms with van der Waals surface area (Å²) in [7, 11) is 0.